The van der Waals surface area contributed by atoms with Gasteiger partial charge in [0.2, 0.25) is 0 Å². The lowest BCUT2D eigenvalue weighted by molar-refractivity contribution is 0.0952. The van der Waals surface area contributed by atoms with Crippen molar-refractivity contribution in [2.24, 2.45) is 5.92 Å². The molecule has 1 rings (SSSR count). The largest absolute Gasteiger partial charge is 0.351 e. The number of rotatable bonds is 6. The van der Waals surface area contributed by atoms with Crippen LogP contribution in [0.5, 0.6) is 0 Å². The number of hydrogen-bond acceptors (Lipinski definition) is 1. The average molecular weight is 412 g/mol. The van der Waals surface area contributed by atoms with Crippen molar-refractivity contribution < 1.29 is 4.79 Å². The summed E-state index contributed by atoms with van der Waals surface area (Å²) in [5.41, 5.74) is 0.500. The normalized spacial score (nSPS) is 12.5. The number of benzene rings is 1. The monoisotopic (exact) mass is 409 g/mol. The van der Waals surface area contributed by atoms with Gasteiger partial charge >= 0.3 is 0 Å². The Bertz CT molecular complexity index is 435. The summed E-state index contributed by atoms with van der Waals surface area (Å²) >= 11 is 13.1. The van der Waals surface area contributed by atoms with Crippen LogP contribution in [0, 0.1) is 5.92 Å². The first-order valence-corrected chi connectivity index (χ1v) is 8.46. The zero-order valence-electron chi connectivity index (χ0n) is 11.1. The second kappa shape index (κ2) is 8.28. The zero-order chi connectivity index (χ0) is 14.4. The second-order valence-corrected chi connectivity index (χ2v) is 6.81. The fourth-order valence-electron chi connectivity index (χ4n) is 1.93. The molecule has 1 atom stereocenters. The molecule has 1 amide bonds. The highest BCUT2D eigenvalue weighted by Gasteiger charge is 2.18. The molecule has 0 spiro atoms. The van der Waals surface area contributed by atoms with Gasteiger partial charge in [0.1, 0.15) is 0 Å². The van der Waals surface area contributed by atoms with E-state index in [1.54, 1.807) is 12.1 Å². The van der Waals surface area contributed by atoms with Gasteiger partial charge in [-0.15, -0.1) is 0 Å². The molecule has 19 heavy (non-hydrogen) atoms. The van der Waals surface area contributed by atoms with Gasteiger partial charge in [-0.1, -0.05) is 60.3 Å². The highest BCUT2D eigenvalue weighted by atomic mass is 79.9. The quantitative estimate of drug-likeness (QED) is 0.654. The van der Waals surface area contributed by atoms with Crippen molar-refractivity contribution in [3.63, 3.8) is 0 Å². The van der Waals surface area contributed by atoms with Crippen LogP contribution in [-0.2, 0) is 0 Å². The van der Waals surface area contributed by atoms with E-state index >= 15 is 0 Å². The van der Waals surface area contributed by atoms with Crippen molar-refractivity contribution in [1.82, 2.24) is 5.32 Å². The Kier molecular flexibility index (Phi) is 7.40. The summed E-state index contributed by atoms with van der Waals surface area (Å²) < 4.78 is 0.734. The number of nitrogens with one attached hydrogen (secondary N) is 1. The Morgan fingerprint density at radius 1 is 1.37 bits per heavy atom. The van der Waals surface area contributed by atoms with Crippen LogP contribution in [-0.4, -0.2) is 17.3 Å². The van der Waals surface area contributed by atoms with E-state index in [4.69, 9.17) is 11.6 Å². The van der Waals surface area contributed by atoms with Crippen LogP contribution in [0.25, 0.3) is 0 Å². The predicted molar refractivity (Wildman–Crippen MR) is 88.3 cm³/mol. The summed E-state index contributed by atoms with van der Waals surface area (Å²) in [5.74, 6) is 0.431. The molecule has 1 unspecified atom stereocenters. The minimum atomic E-state index is -0.137. The van der Waals surface area contributed by atoms with Gasteiger partial charge in [-0.3, -0.25) is 4.79 Å². The van der Waals surface area contributed by atoms with Crippen molar-refractivity contribution in [2.45, 2.75) is 31.5 Å². The third-order valence-corrected chi connectivity index (χ3v) is 5.58. The highest BCUT2D eigenvalue weighted by Crippen LogP contribution is 2.26. The van der Waals surface area contributed by atoms with E-state index in [2.05, 4.69) is 51.0 Å². The van der Waals surface area contributed by atoms with Crippen LogP contribution in [0.15, 0.2) is 22.7 Å². The van der Waals surface area contributed by atoms with Gasteiger partial charge in [-0.25, -0.2) is 0 Å². The summed E-state index contributed by atoms with van der Waals surface area (Å²) in [6.07, 6.45) is 2.19. The Morgan fingerprint density at radius 3 is 2.58 bits per heavy atom. The number of alkyl halides is 1. The van der Waals surface area contributed by atoms with E-state index in [1.807, 2.05) is 6.07 Å². The lowest BCUT2D eigenvalue weighted by atomic mass is 9.99. The maximum Gasteiger partial charge on any atom is 0.252 e. The maximum atomic E-state index is 12.1. The topological polar surface area (TPSA) is 29.1 Å². The summed E-state index contributed by atoms with van der Waals surface area (Å²) in [6, 6.07) is 5.34. The van der Waals surface area contributed by atoms with Crippen molar-refractivity contribution >= 4 is 49.4 Å². The predicted octanol–water partition coefficient (Wildman–Crippen LogP) is 5.03. The van der Waals surface area contributed by atoms with Gasteiger partial charge in [0.05, 0.1) is 10.6 Å². The molecule has 0 aliphatic heterocycles. The number of halogens is 3. The molecular weight excluding hydrogens is 393 g/mol. The molecule has 0 aliphatic rings. The molecule has 1 aromatic rings. The molecule has 5 heteroatoms. The standard InChI is InChI=1S/C14H18Br2ClNO/c1-3-9(4-2)12(16)8-18-14(19)10-6-5-7-11(15)13(10)17/h5-7,9,12H,3-4,8H2,1-2H3,(H,18,19). The molecule has 0 bridgehead atoms. The SMILES string of the molecule is CCC(CC)C(Br)CNC(=O)c1cccc(Br)c1Cl. The zero-order valence-corrected chi connectivity index (χ0v) is 15.0. The molecule has 0 saturated carbocycles. The van der Waals surface area contributed by atoms with Gasteiger partial charge in [0, 0.05) is 15.8 Å². The van der Waals surface area contributed by atoms with Crippen molar-refractivity contribution in [3.05, 3.63) is 33.3 Å². The molecule has 0 heterocycles. The summed E-state index contributed by atoms with van der Waals surface area (Å²) in [7, 11) is 0. The molecule has 1 N–H and O–H groups in total. The maximum absolute atomic E-state index is 12.1. The molecule has 0 fully saturated rings. The van der Waals surface area contributed by atoms with Crippen molar-refractivity contribution in [1.29, 1.82) is 0 Å². The fourth-order valence-corrected chi connectivity index (χ4v) is 3.42. The Labute approximate surface area is 136 Å². The van der Waals surface area contributed by atoms with E-state index < -0.39 is 0 Å². The summed E-state index contributed by atoms with van der Waals surface area (Å²) in [5, 5.41) is 3.38. The first kappa shape index (κ1) is 17.0. The number of hydrogen-bond donors (Lipinski definition) is 1. The van der Waals surface area contributed by atoms with Crippen LogP contribution in [0.4, 0.5) is 0 Å². The molecule has 0 saturated heterocycles. The third-order valence-electron chi connectivity index (χ3n) is 3.21. The highest BCUT2D eigenvalue weighted by molar-refractivity contribution is 9.10. The smallest absolute Gasteiger partial charge is 0.252 e. The Morgan fingerprint density at radius 2 is 2.00 bits per heavy atom. The molecule has 106 valence electrons. The average Bonchev–Trinajstić information content (AvgIpc) is 2.40. The first-order valence-electron chi connectivity index (χ1n) is 6.37. The summed E-state index contributed by atoms with van der Waals surface area (Å²) in [4.78, 5) is 12.4. The Hall–Kier alpha value is -0.0600. The fraction of sp³-hybridized carbons (Fsp3) is 0.500. The van der Waals surface area contributed by atoms with E-state index in [1.165, 1.54) is 0 Å². The molecule has 0 aliphatic carbocycles. The van der Waals surface area contributed by atoms with Gasteiger partial charge in [0.15, 0.2) is 0 Å². The molecule has 1 aromatic carbocycles. The minimum absolute atomic E-state index is 0.137. The second-order valence-electron chi connectivity index (χ2n) is 4.40. The summed E-state index contributed by atoms with van der Waals surface area (Å²) in [6.45, 7) is 4.93. The van der Waals surface area contributed by atoms with E-state index in [0.717, 1.165) is 17.3 Å². The van der Waals surface area contributed by atoms with Crippen molar-refractivity contribution in [2.75, 3.05) is 6.54 Å². The number of amides is 1. The number of carbonyl (C=O) groups excluding carboxylic acids is 1. The lowest BCUT2D eigenvalue weighted by Crippen LogP contribution is -2.33. The van der Waals surface area contributed by atoms with Crippen molar-refractivity contribution in [3.8, 4) is 0 Å². The molecule has 0 aromatic heterocycles. The molecular formula is C14H18Br2ClNO. The van der Waals surface area contributed by atoms with Crippen LogP contribution in [0.2, 0.25) is 5.02 Å². The lowest BCUT2D eigenvalue weighted by Gasteiger charge is -2.20. The van der Waals surface area contributed by atoms with E-state index in [9.17, 15) is 4.79 Å². The van der Waals surface area contributed by atoms with Gasteiger partial charge in [0.25, 0.3) is 5.91 Å². The molecule has 2 nitrogen and oxygen atoms in total. The number of carbonyl (C=O) groups is 1. The van der Waals surface area contributed by atoms with E-state index in [0.29, 0.717) is 23.0 Å². The van der Waals surface area contributed by atoms with Gasteiger partial charge in [-0.05, 0) is 34.0 Å². The van der Waals surface area contributed by atoms with E-state index in [-0.39, 0.29) is 10.7 Å². The van der Waals surface area contributed by atoms with Crippen LogP contribution < -0.4 is 5.32 Å². The third kappa shape index (κ3) is 4.76. The van der Waals surface area contributed by atoms with Crippen LogP contribution in [0.1, 0.15) is 37.0 Å². The van der Waals surface area contributed by atoms with Crippen LogP contribution in [0.3, 0.4) is 0 Å². The van der Waals surface area contributed by atoms with Crippen LogP contribution >= 0.6 is 43.5 Å². The molecule has 0 radical (unpaired) electrons. The van der Waals surface area contributed by atoms with Gasteiger partial charge < -0.3 is 5.32 Å². The first-order chi connectivity index (χ1) is 9.01. The Balaban J connectivity index is 2.63. The van der Waals surface area contributed by atoms with Gasteiger partial charge in [-0.2, -0.15) is 0 Å². The minimum Gasteiger partial charge on any atom is -0.351 e.